The highest BCUT2D eigenvalue weighted by Gasteiger charge is 2.17. The molecule has 0 bridgehead atoms. The van der Waals surface area contributed by atoms with Crippen molar-refractivity contribution in [3.63, 3.8) is 0 Å². The molecule has 4 heteroatoms. The van der Waals surface area contributed by atoms with Crippen molar-refractivity contribution in [3.05, 3.63) is 18.1 Å². The van der Waals surface area contributed by atoms with E-state index in [0.29, 0.717) is 6.04 Å². The largest absolute Gasteiger partial charge is 0.355 e. The second kappa shape index (κ2) is 3.92. The van der Waals surface area contributed by atoms with E-state index in [9.17, 15) is 0 Å². The first-order valence-corrected chi connectivity index (χ1v) is 5.05. The molecule has 0 radical (unpaired) electrons. The summed E-state index contributed by atoms with van der Waals surface area (Å²) < 4.78 is 0. The molecular weight excluding hydrogens is 176 g/mol. The van der Waals surface area contributed by atoms with Crippen LogP contribution in [-0.4, -0.2) is 29.1 Å². The predicted molar refractivity (Wildman–Crippen MR) is 56.2 cm³/mol. The van der Waals surface area contributed by atoms with E-state index in [1.807, 2.05) is 13.1 Å². The van der Waals surface area contributed by atoms with Crippen LogP contribution in [0.1, 0.15) is 18.5 Å². The highest BCUT2D eigenvalue weighted by molar-refractivity contribution is 5.36. The molecule has 4 nitrogen and oxygen atoms in total. The third-order valence-corrected chi connectivity index (χ3v) is 2.61. The first-order valence-electron chi connectivity index (χ1n) is 5.05. The van der Waals surface area contributed by atoms with Crippen LogP contribution in [0.4, 0.5) is 5.82 Å². The zero-order chi connectivity index (χ0) is 9.97. The molecule has 1 fully saturated rings. The minimum atomic E-state index is 0.365. The highest BCUT2D eigenvalue weighted by Crippen LogP contribution is 2.15. The van der Waals surface area contributed by atoms with Crippen LogP contribution in [-0.2, 0) is 0 Å². The second-order valence-electron chi connectivity index (χ2n) is 3.84. The van der Waals surface area contributed by atoms with Crippen LogP contribution in [0.2, 0.25) is 0 Å². The predicted octanol–water partition coefficient (Wildman–Crippen LogP) is 0.713. The molecule has 0 aliphatic carbocycles. The molecule has 1 saturated heterocycles. The standard InChI is InChI=1S/C10H16N4/c1-8-6-12-7-10(13-8)14-4-2-9(11)3-5-14/h6-7,9H,2-5,11H2,1H3. The second-order valence-corrected chi connectivity index (χ2v) is 3.84. The molecule has 14 heavy (non-hydrogen) atoms. The monoisotopic (exact) mass is 192 g/mol. The average Bonchev–Trinajstić information content (AvgIpc) is 2.19. The highest BCUT2D eigenvalue weighted by atomic mass is 15.2. The van der Waals surface area contributed by atoms with Gasteiger partial charge in [-0.05, 0) is 19.8 Å². The molecule has 1 aliphatic heterocycles. The first kappa shape index (κ1) is 9.40. The molecule has 1 aromatic heterocycles. The lowest BCUT2D eigenvalue weighted by Crippen LogP contribution is -2.40. The average molecular weight is 192 g/mol. The van der Waals surface area contributed by atoms with Crippen LogP contribution >= 0.6 is 0 Å². The summed E-state index contributed by atoms with van der Waals surface area (Å²) in [6.07, 6.45) is 5.70. The normalized spacial score (nSPS) is 18.6. The Morgan fingerprint density at radius 2 is 2.07 bits per heavy atom. The maximum atomic E-state index is 5.84. The summed E-state index contributed by atoms with van der Waals surface area (Å²) in [5, 5.41) is 0. The zero-order valence-electron chi connectivity index (χ0n) is 8.48. The minimum Gasteiger partial charge on any atom is -0.355 e. The summed E-state index contributed by atoms with van der Waals surface area (Å²) in [4.78, 5) is 10.8. The Morgan fingerprint density at radius 1 is 1.36 bits per heavy atom. The van der Waals surface area contributed by atoms with Gasteiger partial charge in [0, 0.05) is 25.3 Å². The number of aryl methyl sites for hydroxylation is 1. The zero-order valence-corrected chi connectivity index (χ0v) is 8.48. The fourth-order valence-electron chi connectivity index (χ4n) is 1.73. The minimum absolute atomic E-state index is 0.365. The van der Waals surface area contributed by atoms with Gasteiger partial charge in [0.05, 0.1) is 11.9 Å². The van der Waals surface area contributed by atoms with Crippen molar-refractivity contribution in [1.82, 2.24) is 9.97 Å². The van der Waals surface area contributed by atoms with Crippen LogP contribution in [0.25, 0.3) is 0 Å². The van der Waals surface area contributed by atoms with Gasteiger partial charge in [0.25, 0.3) is 0 Å². The van der Waals surface area contributed by atoms with Gasteiger partial charge in [-0.15, -0.1) is 0 Å². The third kappa shape index (κ3) is 2.01. The maximum absolute atomic E-state index is 5.84. The van der Waals surface area contributed by atoms with Gasteiger partial charge in [0.1, 0.15) is 5.82 Å². The van der Waals surface area contributed by atoms with Crippen molar-refractivity contribution in [3.8, 4) is 0 Å². The Balaban J connectivity index is 2.08. The number of nitrogens with zero attached hydrogens (tertiary/aromatic N) is 3. The van der Waals surface area contributed by atoms with Crippen molar-refractivity contribution in [2.75, 3.05) is 18.0 Å². The Kier molecular flexibility index (Phi) is 2.63. The Labute approximate surface area is 84.2 Å². The quantitative estimate of drug-likeness (QED) is 0.712. The topological polar surface area (TPSA) is 55.0 Å². The number of piperidine rings is 1. The van der Waals surface area contributed by atoms with Gasteiger partial charge in [-0.3, -0.25) is 4.98 Å². The summed E-state index contributed by atoms with van der Waals surface area (Å²) in [5.41, 5.74) is 6.81. The molecule has 76 valence electrons. The van der Waals surface area contributed by atoms with E-state index in [-0.39, 0.29) is 0 Å². The maximum Gasteiger partial charge on any atom is 0.147 e. The van der Waals surface area contributed by atoms with E-state index < -0.39 is 0 Å². The molecule has 0 aromatic carbocycles. The van der Waals surface area contributed by atoms with Crippen molar-refractivity contribution in [1.29, 1.82) is 0 Å². The number of hydrogen-bond donors (Lipinski definition) is 1. The number of aromatic nitrogens is 2. The van der Waals surface area contributed by atoms with Gasteiger partial charge in [-0.25, -0.2) is 4.98 Å². The molecular formula is C10H16N4. The van der Waals surface area contributed by atoms with E-state index in [4.69, 9.17) is 5.73 Å². The number of nitrogens with two attached hydrogens (primary N) is 1. The van der Waals surface area contributed by atoms with Crippen LogP contribution in [0.3, 0.4) is 0 Å². The van der Waals surface area contributed by atoms with Gasteiger partial charge in [-0.1, -0.05) is 0 Å². The van der Waals surface area contributed by atoms with Gasteiger partial charge in [-0.2, -0.15) is 0 Å². The molecule has 0 amide bonds. The lowest BCUT2D eigenvalue weighted by atomic mass is 10.1. The van der Waals surface area contributed by atoms with Crippen LogP contribution in [0.5, 0.6) is 0 Å². The van der Waals surface area contributed by atoms with Gasteiger partial charge < -0.3 is 10.6 Å². The van der Waals surface area contributed by atoms with Crippen LogP contribution in [0.15, 0.2) is 12.4 Å². The van der Waals surface area contributed by atoms with Crippen molar-refractivity contribution < 1.29 is 0 Å². The summed E-state index contributed by atoms with van der Waals surface area (Å²) in [6, 6.07) is 0.365. The van der Waals surface area contributed by atoms with E-state index in [2.05, 4.69) is 14.9 Å². The van der Waals surface area contributed by atoms with Gasteiger partial charge in [0.2, 0.25) is 0 Å². The first-order chi connectivity index (χ1) is 6.75. The van der Waals surface area contributed by atoms with Crippen LogP contribution < -0.4 is 10.6 Å². The third-order valence-electron chi connectivity index (χ3n) is 2.61. The molecule has 2 rings (SSSR count). The molecule has 1 aliphatic rings. The summed E-state index contributed by atoms with van der Waals surface area (Å²) in [6.45, 7) is 3.96. The lowest BCUT2D eigenvalue weighted by molar-refractivity contribution is 0.498. The van der Waals surface area contributed by atoms with E-state index in [1.165, 1.54) is 0 Å². The van der Waals surface area contributed by atoms with Crippen molar-refractivity contribution >= 4 is 5.82 Å². The molecule has 1 aromatic rings. The summed E-state index contributed by atoms with van der Waals surface area (Å²) in [7, 11) is 0. The number of anilines is 1. The molecule has 2 N–H and O–H groups in total. The van der Waals surface area contributed by atoms with Gasteiger partial charge in [0.15, 0.2) is 0 Å². The molecule has 2 heterocycles. The number of hydrogen-bond acceptors (Lipinski definition) is 4. The fraction of sp³-hybridized carbons (Fsp3) is 0.600. The number of rotatable bonds is 1. The van der Waals surface area contributed by atoms with Crippen molar-refractivity contribution in [2.24, 2.45) is 5.73 Å². The summed E-state index contributed by atoms with van der Waals surface area (Å²) in [5.74, 6) is 0.983. The molecule has 0 saturated carbocycles. The van der Waals surface area contributed by atoms with Crippen molar-refractivity contribution in [2.45, 2.75) is 25.8 Å². The summed E-state index contributed by atoms with van der Waals surface area (Å²) >= 11 is 0. The Bertz CT molecular complexity index is 305. The molecule has 0 atom stereocenters. The van der Waals surface area contributed by atoms with E-state index >= 15 is 0 Å². The van der Waals surface area contributed by atoms with Crippen LogP contribution in [0, 0.1) is 6.92 Å². The molecule has 0 unspecified atom stereocenters. The fourth-order valence-corrected chi connectivity index (χ4v) is 1.73. The Hall–Kier alpha value is -1.16. The van der Waals surface area contributed by atoms with Gasteiger partial charge >= 0.3 is 0 Å². The Morgan fingerprint density at radius 3 is 2.71 bits per heavy atom. The SMILES string of the molecule is Cc1cncc(N2CCC(N)CC2)n1. The van der Waals surface area contributed by atoms with E-state index in [0.717, 1.165) is 37.4 Å². The smallest absolute Gasteiger partial charge is 0.147 e. The molecule has 0 spiro atoms. The van der Waals surface area contributed by atoms with E-state index in [1.54, 1.807) is 6.20 Å². The lowest BCUT2D eigenvalue weighted by Gasteiger charge is -2.30.